The Kier molecular flexibility index (Phi) is 4.84. The lowest BCUT2D eigenvalue weighted by atomic mass is 10.1. The summed E-state index contributed by atoms with van der Waals surface area (Å²) in [7, 11) is 3.66. The van der Waals surface area contributed by atoms with Gasteiger partial charge in [-0.15, -0.1) is 11.3 Å². The van der Waals surface area contributed by atoms with Crippen LogP contribution in [-0.2, 0) is 0 Å². The molecule has 1 aromatic heterocycles. The molecule has 1 saturated heterocycles. The molecule has 116 valence electrons. The van der Waals surface area contributed by atoms with Crippen LogP contribution >= 0.6 is 11.3 Å². The summed E-state index contributed by atoms with van der Waals surface area (Å²) in [4.78, 5) is 26.4. The third-order valence-corrected chi connectivity index (χ3v) is 5.01. The van der Waals surface area contributed by atoms with Gasteiger partial charge in [-0.1, -0.05) is 0 Å². The number of nitrogens with two attached hydrogens (primary N) is 1. The number of amides is 1. The van der Waals surface area contributed by atoms with E-state index in [-0.39, 0.29) is 17.4 Å². The Morgan fingerprint density at radius 3 is 2.48 bits per heavy atom. The summed E-state index contributed by atoms with van der Waals surface area (Å²) in [6.07, 6.45) is 2.02. The summed E-state index contributed by atoms with van der Waals surface area (Å²) < 4.78 is 0. The highest BCUT2D eigenvalue weighted by Gasteiger charge is 2.26. The molecule has 2 heterocycles. The van der Waals surface area contributed by atoms with Crippen molar-refractivity contribution in [3.63, 3.8) is 0 Å². The average molecular weight is 310 g/mol. The molecule has 0 atom stereocenters. The molecule has 2 rings (SSSR count). The van der Waals surface area contributed by atoms with Crippen molar-refractivity contribution < 1.29 is 9.59 Å². The Labute approximate surface area is 128 Å². The van der Waals surface area contributed by atoms with Crippen LogP contribution in [0.25, 0.3) is 0 Å². The molecule has 0 spiro atoms. The van der Waals surface area contributed by atoms with Crippen LogP contribution in [0.1, 0.15) is 39.8 Å². The first-order chi connectivity index (χ1) is 9.93. The van der Waals surface area contributed by atoms with Crippen molar-refractivity contribution in [2.75, 3.05) is 38.2 Å². The lowest BCUT2D eigenvalue weighted by Gasteiger charge is -2.29. The first-order valence-electron chi connectivity index (χ1n) is 7.04. The van der Waals surface area contributed by atoms with Gasteiger partial charge >= 0.3 is 0 Å². The van der Waals surface area contributed by atoms with Gasteiger partial charge in [0.25, 0.3) is 5.91 Å². The molecule has 0 unspecified atom stereocenters. The molecule has 7 heteroatoms. The van der Waals surface area contributed by atoms with E-state index in [2.05, 4.69) is 22.6 Å². The second-order valence-corrected chi connectivity index (χ2v) is 6.43. The number of likely N-dealkylation sites (tertiary alicyclic amines) is 1. The molecule has 0 saturated carbocycles. The van der Waals surface area contributed by atoms with Gasteiger partial charge < -0.3 is 21.3 Å². The maximum absolute atomic E-state index is 12.0. The molecule has 21 heavy (non-hydrogen) atoms. The zero-order chi connectivity index (χ0) is 15.6. The summed E-state index contributed by atoms with van der Waals surface area (Å²) in [6.45, 7) is 3.51. The second kappa shape index (κ2) is 6.44. The van der Waals surface area contributed by atoms with Gasteiger partial charge in [0.1, 0.15) is 5.00 Å². The maximum Gasteiger partial charge on any atom is 0.256 e. The zero-order valence-corrected chi connectivity index (χ0v) is 13.5. The highest BCUT2D eigenvalue weighted by molar-refractivity contribution is 7.19. The van der Waals surface area contributed by atoms with Gasteiger partial charge in [-0.05, 0) is 33.0 Å². The molecular weight excluding hydrogens is 288 g/mol. The van der Waals surface area contributed by atoms with Crippen LogP contribution in [0, 0.1) is 0 Å². The molecule has 1 aliphatic heterocycles. The third kappa shape index (κ3) is 3.36. The van der Waals surface area contributed by atoms with E-state index in [1.165, 1.54) is 18.3 Å². The smallest absolute Gasteiger partial charge is 0.256 e. The minimum Gasteiger partial charge on any atom is -0.397 e. The van der Waals surface area contributed by atoms with E-state index in [4.69, 9.17) is 5.73 Å². The first-order valence-corrected chi connectivity index (χ1v) is 7.86. The van der Waals surface area contributed by atoms with Crippen molar-refractivity contribution in [3.05, 3.63) is 10.4 Å². The Morgan fingerprint density at radius 1 is 1.33 bits per heavy atom. The number of nitrogens with zero attached hydrogens (tertiary/aromatic N) is 1. The van der Waals surface area contributed by atoms with Gasteiger partial charge in [-0.3, -0.25) is 9.59 Å². The lowest BCUT2D eigenvalue weighted by molar-refractivity contribution is 0.0965. The predicted octanol–water partition coefficient (Wildman–Crippen LogP) is 1.40. The Hall–Kier alpha value is -1.60. The van der Waals surface area contributed by atoms with E-state index < -0.39 is 0 Å². The molecule has 4 N–H and O–H groups in total. The fraction of sp³-hybridized carbons (Fsp3) is 0.571. The number of hydrogen-bond donors (Lipinski definition) is 3. The van der Waals surface area contributed by atoms with Gasteiger partial charge in [-0.2, -0.15) is 0 Å². The Balaban J connectivity index is 2.27. The molecule has 1 fully saturated rings. The topological polar surface area (TPSA) is 87.5 Å². The highest BCUT2D eigenvalue weighted by atomic mass is 32.1. The molecule has 1 aromatic rings. The predicted molar refractivity (Wildman–Crippen MR) is 86.3 cm³/mol. The summed E-state index contributed by atoms with van der Waals surface area (Å²) in [6, 6.07) is 0.308. The van der Waals surface area contributed by atoms with Crippen molar-refractivity contribution in [1.82, 2.24) is 10.2 Å². The highest BCUT2D eigenvalue weighted by Crippen LogP contribution is 2.37. The van der Waals surface area contributed by atoms with Crippen molar-refractivity contribution in [2.45, 2.75) is 25.8 Å². The lowest BCUT2D eigenvalue weighted by Crippen LogP contribution is -2.37. The number of ketones is 1. The van der Waals surface area contributed by atoms with Gasteiger partial charge in [0.05, 0.1) is 16.1 Å². The van der Waals surface area contributed by atoms with Crippen molar-refractivity contribution >= 4 is 33.7 Å². The molecule has 1 aliphatic rings. The number of nitrogens with one attached hydrogen (secondary N) is 2. The number of Topliss-reactive ketones (excluding diaryl/α,β-unsaturated/α-hetero) is 1. The van der Waals surface area contributed by atoms with E-state index in [9.17, 15) is 9.59 Å². The fourth-order valence-corrected chi connectivity index (χ4v) is 3.59. The molecule has 1 amide bonds. The molecule has 0 aliphatic carbocycles. The number of hydrogen-bond acceptors (Lipinski definition) is 6. The van der Waals surface area contributed by atoms with Crippen LogP contribution in [0.2, 0.25) is 0 Å². The average Bonchev–Trinajstić information content (AvgIpc) is 2.77. The number of carbonyl (C=O) groups is 2. The van der Waals surface area contributed by atoms with E-state index >= 15 is 0 Å². The second-order valence-electron chi connectivity index (χ2n) is 5.41. The van der Waals surface area contributed by atoms with Gasteiger partial charge in [0, 0.05) is 20.0 Å². The molecule has 0 radical (unpaired) electrons. The number of nitrogen functional groups attached to an aromatic ring is 1. The van der Waals surface area contributed by atoms with Gasteiger partial charge in [-0.25, -0.2) is 0 Å². The summed E-state index contributed by atoms with van der Waals surface area (Å²) >= 11 is 1.27. The first kappa shape index (κ1) is 15.8. The van der Waals surface area contributed by atoms with Crippen LogP contribution in [0.3, 0.4) is 0 Å². The van der Waals surface area contributed by atoms with Crippen LogP contribution < -0.4 is 16.4 Å². The molecule has 0 bridgehead atoms. The number of anilines is 2. The van der Waals surface area contributed by atoms with Crippen molar-refractivity contribution in [1.29, 1.82) is 0 Å². The quantitative estimate of drug-likeness (QED) is 0.732. The Bertz CT molecular complexity index is 547. The minimum absolute atomic E-state index is 0.112. The van der Waals surface area contributed by atoms with Crippen LogP contribution in [-0.4, -0.2) is 49.8 Å². The van der Waals surface area contributed by atoms with Gasteiger partial charge in [0.2, 0.25) is 0 Å². The number of thiophene rings is 1. The fourth-order valence-electron chi connectivity index (χ4n) is 2.50. The summed E-state index contributed by atoms with van der Waals surface area (Å²) in [5.74, 6) is -0.370. The number of carbonyl (C=O) groups excluding carboxylic acids is 2. The summed E-state index contributed by atoms with van der Waals surface area (Å²) in [5, 5.41) is 6.69. The number of rotatable bonds is 4. The Morgan fingerprint density at radius 2 is 1.95 bits per heavy atom. The van der Waals surface area contributed by atoms with E-state index in [1.807, 2.05) is 0 Å². The SMILES string of the molecule is CNC(=O)c1c(NC2CCN(C)CC2)sc(C(C)=O)c1N. The summed E-state index contributed by atoms with van der Waals surface area (Å²) in [5.41, 5.74) is 6.66. The van der Waals surface area contributed by atoms with E-state index in [0.717, 1.165) is 25.9 Å². The largest absolute Gasteiger partial charge is 0.397 e. The van der Waals surface area contributed by atoms with E-state index in [0.29, 0.717) is 21.5 Å². The molecular formula is C14H22N4O2S. The van der Waals surface area contributed by atoms with Gasteiger partial charge in [0.15, 0.2) is 5.78 Å². The maximum atomic E-state index is 12.0. The van der Waals surface area contributed by atoms with Crippen molar-refractivity contribution in [3.8, 4) is 0 Å². The molecule has 0 aromatic carbocycles. The standard InChI is InChI=1S/C14H22N4O2S/c1-8(19)12-11(15)10(13(20)16-2)14(21-12)17-9-4-6-18(3)7-5-9/h9,17H,4-7,15H2,1-3H3,(H,16,20). The van der Waals surface area contributed by atoms with Crippen LogP contribution in [0.4, 0.5) is 10.7 Å². The van der Waals surface area contributed by atoms with Crippen LogP contribution in [0.15, 0.2) is 0 Å². The third-order valence-electron chi connectivity index (χ3n) is 3.77. The zero-order valence-electron chi connectivity index (χ0n) is 12.7. The minimum atomic E-state index is -0.258. The monoisotopic (exact) mass is 310 g/mol. The van der Waals surface area contributed by atoms with Crippen LogP contribution in [0.5, 0.6) is 0 Å². The van der Waals surface area contributed by atoms with Crippen molar-refractivity contribution in [2.24, 2.45) is 0 Å². The molecule has 6 nitrogen and oxygen atoms in total. The van der Waals surface area contributed by atoms with E-state index in [1.54, 1.807) is 7.05 Å². The normalized spacial score (nSPS) is 16.7. The number of piperidine rings is 1.